The van der Waals surface area contributed by atoms with Gasteiger partial charge in [-0.05, 0) is 65.4 Å². The van der Waals surface area contributed by atoms with Gasteiger partial charge >= 0.3 is 0 Å². The van der Waals surface area contributed by atoms with Gasteiger partial charge in [0.25, 0.3) is 5.91 Å². The zero-order chi connectivity index (χ0) is 25.8. The predicted molar refractivity (Wildman–Crippen MR) is 142 cm³/mol. The molecule has 0 aliphatic carbocycles. The second kappa shape index (κ2) is 10.1. The average Bonchev–Trinajstić information content (AvgIpc) is 2.89. The number of nitrogens with two attached hydrogens (primary N) is 1. The van der Waals surface area contributed by atoms with Crippen LogP contribution < -0.4 is 20.5 Å². The minimum atomic E-state index is -3.84. The Labute approximate surface area is 213 Å². The molecule has 0 fully saturated rings. The van der Waals surface area contributed by atoms with Gasteiger partial charge < -0.3 is 15.4 Å². The summed E-state index contributed by atoms with van der Waals surface area (Å²) in [6.07, 6.45) is 1.52. The Morgan fingerprint density at radius 3 is 2.43 bits per heavy atom. The molecule has 1 aromatic heterocycles. The molecule has 0 unspecified atom stereocenters. The number of sulfonamides is 1. The van der Waals surface area contributed by atoms with Crippen LogP contribution in [0.4, 0.5) is 17.3 Å². The molecule has 9 nitrogen and oxygen atoms in total. The maximum absolute atomic E-state index is 12.9. The van der Waals surface area contributed by atoms with E-state index in [1.54, 1.807) is 30.3 Å². The van der Waals surface area contributed by atoms with Gasteiger partial charge in [0, 0.05) is 29.2 Å². The van der Waals surface area contributed by atoms with Crippen LogP contribution in [0.3, 0.4) is 0 Å². The SMILES string of the molecule is NS(=O)(=O)c1cccc(Nc2nccc(Oc3ccc4c(C(=O)Nc5ccccc5)cccc4c3)n2)c1. The van der Waals surface area contributed by atoms with Crippen molar-refractivity contribution < 1.29 is 17.9 Å². The van der Waals surface area contributed by atoms with E-state index in [1.807, 2.05) is 54.6 Å². The van der Waals surface area contributed by atoms with Gasteiger partial charge in [-0.2, -0.15) is 4.98 Å². The number of benzene rings is 4. The summed E-state index contributed by atoms with van der Waals surface area (Å²) in [5, 5.41) is 12.7. The predicted octanol–water partition coefficient (Wildman–Crippen LogP) is 5.07. The highest BCUT2D eigenvalue weighted by atomic mass is 32.2. The van der Waals surface area contributed by atoms with Crippen molar-refractivity contribution in [2.24, 2.45) is 5.14 Å². The van der Waals surface area contributed by atoms with E-state index in [0.717, 1.165) is 10.8 Å². The van der Waals surface area contributed by atoms with Crippen molar-refractivity contribution in [3.05, 3.63) is 109 Å². The van der Waals surface area contributed by atoms with E-state index in [1.165, 1.54) is 18.3 Å². The normalized spacial score (nSPS) is 11.2. The van der Waals surface area contributed by atoms with Crippen LogP contribution in [0.1, 0.15) is 10.4 Å². The number of amides is 1. The lowest BCUT2D eigenvalue weighted by Crippen LogP contribution is -2.12. The Morgan fingerprint density at radius 1 is 0.838 bits per heavy atom. The van der Waals surface area contributed by atoms with E-state index < -0.39 is 10.0 Å². The maximum atomic E-state index is 12.9. The summed E-state index contributed by atoms with van der Waals surface area (Å²) in [5.41, 5.74) is 1.72. The van der Waals surface area contributed by atoms with Crippen LogP contribution in [0.2, 0.25) is 0 Å². The fourth-order valence-corrected chi connectivity index (χ4v) is 4.26. The number of primary sulfonamides is 1. The summed E-state index contributed by atoms with van der Waals surface area (Å²) in [6, 6.07) is 27.8. The Hall–Kier alpha value is -4.80. The number of hydrogen-bond acceptors (Lipinski definition) is 7. The highest BCUT2D eigenvalue weighted by Crippen LogP contribution is 2.28. The highest BCUT2D eigenvalue weighted by Gasteiger charge is 2.12. The number of anilines is 3. The third-order valence-corrected chi connectivity index (χ3v) is 6.31. The second-order valence-corrected chi connectivity index (χ2v) is 9.59. The molecule has 0 bridgehead atoms. The maximum Gasteiger partial charge on any atom is 0.256 e. The molecule has 0 radical (unpaired) electrons. The molecule has 0 spiro atoms. The molecular formula is C27H21N5O4S. The van der Waals surface area contributed by atoms with Crippen molar-refractivity contribution in [3.63, 3.8) is 0 Å². The van der Waals surface area contributed by atoms with Crippen LogP contribution in [0.25, 0.3) is 10.8 Å². The van der Waals surface area contributed by atoms with Gasteiger partial charge in [-0.15, -0.1) is 0 Å². The van der Waals surface area contributed by atoms with E-state index in [-0.39, 0.29) is 22.6 Å². The lowest BCUT2D eigenvalue weighted by atomic mass is 10.0. The van der Waals surface area contributed by atoms with Crippen molar-refractivity contribution in [3.8, 4) is 11.6 Å². The lowest BCUT2D eigenvalue weighted by molar-refractivity contribution is 0.102. The van der Waals surface area contributed by atoms with E-state index in [4.69, 9.17) is 9.88 Å². The molecule has 5 aromatic rings. The van der Waals surface area contributed by atoms with Gasteiger partial charge in [-0.25, -0.2) is 18.5 Å². The summed E-state index contributed by atoms with van der Waals surface area (Å²) in [7, 11) is -3.84. The summed E-state index contributed by atoms with van der Waals surface area (Å²) < 4.78 is 29.1. The monoisotopic (exact) mass is 511 g/mol. The van der Waals surface area contributed by atoms with Crippen LogP contribution in [0.15, 0.2) is 108 Å². The van der Waals surface area contributed by atoms with E-state index in [9.17, 15) is 13.2 Å². The summed E-state index contributed by atoms with van der Waals surface area (Å²) in [4.78, 5) is 21.3. The number of hydrogen-bond donors (Lipinski definition) is 3. The number of fused-ring (bicyclic) bond motifs is 1. The minimum Gasteiger partial charge on any atom is -0.439 e. The van der Waals surface area contributed by atoms with Crippen molar-refractivity contribution in [2.75, 3.05) is 10.6 Å². The largest absolute Gasteiger partial charge is 0.439 e. The van der Waals surface area contributed by atoms with Crippen molar-refractivity contribution in [2.45, 2.75) is 4.90 Å². The average molecular weight is 512 g/mol. The number of carbonyl (C=O) groups excluding carboxylic acids is 1. The molecule has 0 aliphatic heterocycles. The number of aromatic nitrogens is 2. The Balaban J connectivity index is 1.35. The molecule has 4 aromatic carbocycles. The first-order chi connectivity index (χ1) is 17.8. The van der Waals surface area contributed by atoms with Gasteiger partial charge in [0.05, 0.1) is 4.90 Å². The quantitative estimate of drug-likeness (QED) is 0.278. The van der Waals surface area contributed by atoms with Gasteiger partial charge in [0.15, 0.2) is 0 Å². The van der Waals surface area contributed by atoms with Crippen LogP contribution in [-0.4, -0.2) is 24.3 Å². The van der Waals surface area contributed by atoms with Crippen LogP contribution >= 0.6 is 0 Å². The third kappa shape index (κ3) is 5.72. The Morgan fingerprint density at radius 2 is 1.62 bits per heavy atom. The van der Waals surface area contributed by atoms with Gasteiger partial charge in [-0.3, -0.25) is 4.79 Å². The third-order valence-electron chi connectivity index (χ3n) is 5.40. The molecule has 0 atom stereocenters. The van der Waals surface area contributed by atoms with E-state index >= 15 is 0 Å². The molecule has 0 saturated heterocycles. The molecule has 0 aliphatic rings. The Bertz CT molecular complexity index is 1710. The molecule has 0 saturated carbocycles. The van der Waals surface area contributed by atoms with Gasteiger partial charge in [0.2, 0.25) is 21.9 Å². The lowest BCUT2D eigenvalue weighted by Gasteiger charge is -2.11. The van der Waals surface area contributed by atoms with Crippen LogP contribution in [-0.2, 0) is 10.0 Å². The van der Waals surface area contributed by atoms with Crippen molar-refractivity contribution in [1.82, 2.24) is 9.97 Å². The molecule has 10 heteroatoms. The first kappa shape index (κ1) is 23.9. The number of para-hydroxylation sites is 1. The molecule has 1 amide bonds. The van der Waals surface area contributed by atoms with E-state index in [0.29, 0.717) is 22.7 Å². The van der Waals surface area contributed by atoms with Crippen molar-refractivity contribution >= 4 is 44.0 Å². The number of ether oxygens (including phenoxy) is 1. The number of carbonyl (C=O) groups is 1. The van der Waals surface area contributed by atoms with Gasteiger partial charge in [0.1, 0.15) is 5.75 Å². The molecule has 4 N–H and O–H groups in total. The summed E-state index contributed by atoms with van der Waals surface area (Å²) in [6.45, 7) is 0. The fraction of sp³-hybridized carbons (Fsp3) is 0. The van der Waals surface area contributed by atoms with Gasteiger partial charge in [-0.1, -0.05) is 36.4 Å². The smallest absolute Gasteiger partial charge is 0.256 e. The second-order valence-electron chi connectivity index (χ2n) is 8.03. The Kier molecular flexibility index (Phi) is 6.50. The zero-order valence-electron chi connectivity index (χ0n) is 19.3. The summed E-state index contributed by atoms with van der Waals surface area (Å²) in [5.74, 6) is 0.805. The van der Waals surface area contributed by atoms with Crippen LogP contribution in [0, 0.1) is 0 Å². The molecule has 37 heavy (non-hydrogen) atoms. The van der Waals surface area contributed by atoms with Crippen LogP contribution in [0.5, 0.6) is 11.6 Å². The topological polar surface area (TPSA) is 136 Å². The molecule has 1 heterocycles. The van der Waals surface area contributed by atoms with Crippen molar-refractivity contribution in [1.29, 1.82) is 0 Å². The minimum absolute atomic E-state index is 0.0297. The fourth-order valence-electron chi connectivity index (χ4n) is 3.70. The first-order valence-corrected chi connectivity index (χ1v) is 12.7. The number of nitrogens with one attached hydrogen (secondary N) is 2. The number of rotatable bonds is 7. The van der Waals surface area contributed by atoms with E-state index in [2.05, 4.69) is 20.6 Å². The molecule has 5 rings (SSSR count). The molecular weight excluding hydrogens is 490 g/mol. The highest BCUT2D eigenvalue weighted by molar-refractivity contribution is 7.89. The first-order valence-electron chi connectivity index (χ1n) is 11.2. The zero-order valence-corrected chi connectivity index (χ0v) is 20.1. The standard InChI is InChI=1S/C27H21N5O4S/c28-37(34,35)22-10-5-9-20(17-22)31-27-29-15-14-25(32-27)36-21-12-13-23-18(16-21)6-4-11-24(23)26(33)30-19-7-2-1-3-8-19/h1-17H,(H,30,33)(H2,28,34,35)(H,29,31,32). The summed E-state index contributed by atoms with van der Waals surface area (Å²) >= 11 is 0. The molecule has 184 valence electrons. The number of nitrogens with zero attached hydrogens (tertiary/aromatic N) is 2.